The number of alkyl halides is 2. The van der Waals surface area contributed by atoms with Gasteiger partial charge >= 0.3 is 6.61 Å². The van der Waals surface area contributed by atoms with E-state index in [9.17, 15) is 8.78 Å². The normalized spacial score (nSPS) is 10.7. The largest absolute Gasteiger partial charge is 0.433 e. The molecule has 0 bridgehead atoms. The number of benzene rings is 2. The maximum absolute atomic E-state index is 12.4. The minimum Gasteiger partial charge on any atom is -0.433 e. The Kier molecular flexibility index (Phi) is 4.29. The monoisotopic (exact) mass is 298 g/mol. The van der Waals surface area contributed by atoms with Gasteiger partial charge in [0.2, 0.25) is 0 Å². The average molecular weight is 299 g/mol. The number of nitrogens with two attached hydrogens (primary N) is 1. The SMILES string of the molecule is Cc1cc(N)c(Cl)c(Nc2ccccc2OC(F)F)c1. The van der Waals surface area contributed by atoms with Crippen molar-refractivity contribution in [2.75, 3.05) is 11.1 Å². The number of rotatable bonds is 4. The van der Waals surface area contributed by atoms with E-state index in [0.717, 1.165) is 5.56 Å². The van der Waals surface area contributed by atoms with E-state index in [2.05, 4.69) is 10.1 Å². The lowest BCUT2D eigenvalue weighted by Crippen LogP contribution is -2.04. The molecule has 20 heavy (non-hydrogen) atoms. The zero-order valence-corrected chi connectivity index (χ0v) is 11.4. The Balaban J connectivity index is 2.35. The van der Waals surface area contributed by atoms with Gasteiger partial charge in [0.05, 0.1) is 22.1 Å². The van der Waals surface area contributed by atoms with Crippen LogP contribution in [0, 0.1) is 6.92 Å². The fourth-order valence-electron chi connectivity index (χ4n) is 1.80. The first-order valence-electron chi connectivity index (χ1n) is 5.84. The van der Waals surface area contributed by atoms with Crippen molar-refractivity contribution in [1.29, 1.82) is 0 Å². The second-order valence-electron chi connectivity index (χ2n) is 4.22. The topological polar surface area (TPSA) is 47.3 Å². The molecule has 0 atom stereocenters. The summed E-state index contributed by atoms with van der Waals surface area (Å²) >= 11 is 6.10. The number of ether oxygens (including phenoxy) is 1. The third-order valence-corrected chi connectivity index (χ3v) is 3.04. The Bertz CT molecular complexity index is 620. The summed E-state index contributed by atoms with van der Waals surface area (Å²) in [7, 11) is 0. The van der Waals surface area contributed by atoms with Gasteiger partial charge in [-0.05, 0) is 36.8 Å². The number of aryl methyl sites for hydroxylation is 1. The number of hydrogen-bond acceptors (Lipinski definition) is 3. The molecule has 0 spiro atoms. The lowest BCUT2D eigenvalue weighted by atomic mass is 10.2. The fourth-order valence-corrected chi connectivity index (χ4v) is 1.96. The summed E-state index contributed by atoms with van der Waals surface area (Å²) in [6.07, 6.45) is 0. The summed E-state index contributed by atoms with van der Waals surface area (Å²) in [5, 5.41) is 3.29. The van der Waals surface area contributed by atoms with Crippen LogP contribution < -0.4 is 15.8 Å². The van der Waals surface area contributed by atoms with Gasteiger partial charge in [-0.2, -0.15) is 8.78 Å². The highest BCUT2D eigenvalue weighted by Gasteiger charge is 2.11. The smallest absolute Gasteiger partial charge is 0.387 e. The summed E-state index contributed by atoms with van der Waals surface area (Å²) in [5.74, 6) is 0.0404. The van der Waals surface area contributed by atoms with Crippen molar-refractivity contribution in [3.8, 4) is 5.75 Å². The van der Waals surface area contributed by atoms with Crippen LogP contribution in [0.3, 0.4) is 0 Å². The molecule has 0 aromatic heterocycles. The first-order chi connectivity index (χ1) is 9.47. The number of para-hydroxylation sites is 2. The molecule has 0 heterocycles. The van der Waals surface area contributed by atoms with Gasteiger partial charge in [0.1, 0.15) is 5.75 Å². The molecule has 2 aromatic carbocycles. The van der Waals surface area contributed by atoms with Crippen LogP contribution in [0.2, 0.25) is 5.02 Å². The van der Waals surface area contributed by atoms with E-state index in [1.165, 1.54) is 6.07 Å². The van der Waals surface area contributed by atoms with Crippen LogP contribution >= 0.6 is 11.6 Å². The number of nitrogen functional groups attached to an aromatic ring is 1. The van der Waals surface area contributed by atoms with Crippen LogP contribution in [0.5, 0.6) is 5.75 Å². The minimum atomic E-state index is -2.89. The number of anilines is 3. The molecule has 0 radical (unpaired) electrons. The molecular weight excluding hydrogens is 286 g/mol. The van der Waals surface area contributed by atoms with Crippen LogP contribution in [0.25, 0.3) is 0 Å². The molecule has 3 nitrogen and oxygen atoms in total. The van der Waals surface area contributed by atoms with Gasteiger partial charge < -0.3 is 15.8 Å². The first kappa shape index (κ1) is 14.4. The maximum Gasteiger partial charge on any atom is 0.387 e. The van der Waals surface area contributed by atoms with E-state index in [1.807, 2.05) is 6.92 Å². The molecule has 0 fully saturated rings. The van der Waals surface area contributed by atoms with E-state index < -0.39 is 6.61 Å². The van der Waals surface area contributed by atoms with Crippen molar-refractivity contribution in [2.45, 2.75) is 13.5 Å². The molecule has 0 aliphatic heterocycles. The third kappa shape index (κ3) is 3.30. The molecule has 0 unspecified atom stereocenters. The van der Waals surface area contributed by atoms with E-state index in [4.69, 9.17) is 17.3 Å². The standard InChI is InChI=1S/C14H13ClF2N2O/c1-8-6-9(18)13(15)11(7-8)19-10-4-2-3-5-12(10)20-14(16)17/h2-7,14,19H,18H2,1H3. The molecule has 0 aliphatic rings. The first-order valence-corrected chi connectivity index (χ1v) is 6.21. The molecule has 0 saturated heterocycles. The number of nitrogens with one attached hydrogen (secondary N) is 1. The van der Waals surface area contributed by atoms with E-state index >= 15 is 0 Å². The van der Waals surface area contributed by atoms with Crippen molar-refractivity contribution in [1.82, 2.24) is 0 Å². The number of hydrogen-bond donors (Lipinski definition) is 2. The summed E-state index contributed by atoms with van der Waals surface area (Å²) in [4.78, 5) is 0. The molecule has 6 heteroatoms. The quantitative estimate of drug-likeness (QED) is 0.812. The van der Waals surface area contributed by atoms with Gasteiger partial charge in [-0.3, -0.25) is 0 Å². The molecule has 2 aromatic rings. The molecule has 0 amide bonds. The zero-order chi connectivity index (χ0) is 14.7. The summed E-state index contributed by atoms with van der Waals surface area (Å²) in [6.45, 7) is -1.03. The van der Waals surface area contributed by atoms with Crippen molar-refractivity contribution >= 4 is 28.7 Å². The number of halogens is 3. The van der Waals surface area contributed by atoms with Gasteiger partial charge in [0.25, 0.3) is 0 Å². The van der Waals surface area contributed by atoms with E-state index in [1.54, 1.807) is 30.3 Å². The molecule has 106 valence electrons. The lowest BCUT2D eigenvalue weighted by molar-refractivity contribution is -0.0493. The Morgan fingerprint density at radius 1 is 1.20 bits per heavy atom. The predicted molar refractivity (Wildman–Crippen MR) is 77.0 cm³/mol. The van der Waals surface area contributed by atoms with Crippen LogP contribution in [0.4, 0.5) is 25.8 Å². The molecule has 3 N–H and O–H groups in total. The summed E-state index contributed by atoms with van der Waals surface area (Å²) < 4.78 is 29.1. The highest BCUT2D eigenvalue weighted by Crippen LogP contribution is 2.35. The Hall–Kier alpha value is -2.01. The highest BCUT2D eigenvalue weighted by atomic mass is 35.5. The zero-order valence-electron chi connectivity index (χ0n) is 10.7. The van der Waals surface area contributed by atoms with Crippen molar-refractivity contribution in [3.63, 3.8) is 0 Å². The van der Waals surface area contributed by atoms with Gasteiger partial charge in [-0.1, -0.05) is 23.7 Å². The second-order valence-corrected chi connectivity index (χ2v) is 4.59. The molecule has 0 saturated carbocycles. The van der Waals surface area contributed by atoms with Crippen LogP contribution in [-0.2, 0) is 0 Å². The predicted octanol–water partition coefficient (Wildman–Crippen LogP) is 4.58. The maximum atomic E-state index is 12.4. The van der Waals surface area contributed by atoms with Gasteiger partial charge in [-0.25, -0.2) is 0 Å². The molecule has 2 rings (SSSR count). The third-order valence-electron chi connectivity index (χ3n) is 2.62. The molecular formula is C14H13ClF2N2O. The summed E-state index contributed by atoms with van der Waals surface area (Å²) in [6, 6.07) is 9.88. The average Bonchev–Trinajstić information content (AvgIpc) is 2.37. The Morgan fingerprint density at radius 3 is 2.60 bits per heavy atom. The minimum absolute atomic E-state index is 0.0404. The highest BCUT2D eigenvalue weighted by molar-refractivity contribution is 6.35. The van der Waals surface area contributed by atoms with E-state index in [-0.39, 0.29) is 5.75 Å². The lowest BCUT2D eigenvalue weighted by Gasteiger charge is -2.15. The van der Waals surface area contributed by atoms with Crippen molar-refractivity contribution in [2.24, 2.45) is 0 Å². The van der Waals surface area contributed by atoms with Crippen molar-refractivity contribution < 1.29 is 13.5 Å². The molecule has 0 aliphatic carbocycles. The summed E-state index contributed by atoms with van der Waals surface area (Å²) in [5.41, 5.74) is 8.02. The Morgan fingerprint density at radius 2 is 1.90 bits per heavy atom. The fraction of sp³-hybridized carbons (Fsp3) is 0.143. The van der Waals surface area contributed by atoms with Crippen LogP contribution in [0.1, 0.15) is 5.56 Å². The Labute approximate surface area is 120 Å². The van der Waals surface area contributed by atoms with Crippen LogP contribution in [0.15, 0.2) is 36.4 Å². The van der Waals surface area contributed by atoms with Gasteiger partial charge in [0.15, 0.2) is 0 Å². The second kappa shape index (κ2) is 5.96. The van der Waals surface area contributed by atoms with Crippen LogP contribution in [-0.4, -0.2) is 6.61 Å². The van der Waals surface area contributed by atoms with Gasteiger partial charge in [0, 0.05) is 0 Å². The van der Waals surface area contributed by atoms with Gasteiger partial charge in [-0.15, -0.1) is 0 Å². The van der Waals surface area contributed by atoms with E-state index in [0.29, 0.717) is 22.1 Å². The van der Waals surface area contributed by atoms with Crippen molar-refractivity contribution in [3.05, 3.63) is 47.0 Å².